The summed E-state index contributed by atoms with van der Waals surface area (Å²) in [5, 5.41) is 12.3. The van der Waals surface area contributed by atoms with E-state index in [1.165, 1.54) is 6.92 Å². The Balaban J connectivity index is 1.62. The zero-order valence-corrected chi connectivity index (χ0v) is 18.5. The van der Waals surface area contributed by atoms with Crippen LogP contribution in [0.5, 0.6) is 5.75 Å². The molecule has 8 nitrogen and oxygen atoms in total. The van der Waals surface area contributed by atoms with E-state index in [9.17, 15) is 19.6 Å². The van der Waals surface area contributed by atoms with Gasteiger partial charge in [-0.2, -0.15) is 5.26 Å². The maximum Gasteiger partial charge on any atom is 0.344 e. The molecular weight excluding hydrogens is 422 g/mol. The molecule has 0 spiro atoms. The SMILES string of the molecule is CC(=O)c1ccc(OCC(=O)OCC(=O)Nc2c(C#N)c(C)c(C)n2-c2ccccc2)cc1. The number of hydrogen-bond donors (Lipinski definition) is 1. The summed E-state index contributed by atoms with van der Waals surface area (Å²) >= 11 is 0. The molecule has 0 saturated heterocycles. The number of anilines is 1. The predicted molar refractivity (Wildman–Crippen MR) is 121 cm³/mol. The number of hydrogen-bond acceptors (Lipinski definition) is 6. The van der Waals surface area contributed by atoms with E-state index < -0.39 is 25.1 Å². The van der Waals surface area contributed by atoms with E-state index in [1.807, 2.05) is 44.2 Å². The average molecular weight is 445 g/mol. The molecule has 1 amide bonds. The molecule has 168 valence electrons. The zero-order valence-electron chi connectivity index (χ0n) is 18.5. The second-order valence-corrected chi connectivity index (χ2v) is 7.29. The number of rotatable bonds is 8. The zero-order chi connectivity index (χ0) is 24.0. The van der Waals surface area contributed by atoms with E-state index in [2.05, 4.69) is 11.4 Å². The average Bonchev–Trinajstić information content (AvgIpc) is 3.05. The van der Waals surface area contributed by atoms with Crippen LogP contribution in [0.25, 0.3) is 5.69 Å². The van der Waals surface area contributed by atoms with Crippen molar-refractivity contribution < 1.29 is 23.9 Å². The Morgan fingerprint density at radius 3 is 2.27 bits per heavy atom. The Labute approximate surface area is 191 Å². The number of amides is 1. The van der Waals surface area contributed by atoms with Gasteiger partial charge in [0.1, 0.15) is 17.6 Å². The van der Waals surface area contributed by atoms with Crippen LogP contribution in [0.1, 0.15) is 34.1 Å². The number of ether oxygens (including phenoxy) is 2. The van der Waals surface area contributed by atoms with Gasteiger partial charge in [-0.25, -0.2) is 4.79 Å². The number of ketones is 1. The second kappa shape index (κ2) is 10.3. The van der Waals surface area contributed by atoms with Crippen molar-refractivity contribution in [1.29, 1.82) is 5.26 Å². The summed E-state index contributed by atoms with van der Waals surface area (Å²) in [6.07, 6.45) is 0. The molecule has 33 heavy (non-hydrogen) atoms. The first-order chi connectivity index (χ1) is 15.8. The summed E-state index contributed by atoms with van der Waals surface area (Å²) in [6, 6.07) is 17.8. The van der Waals surface area contributed by atoms with Gasteiger partial charge in [0, 0.05) is 16.9 Å². The first-order valence-electron chi connectivity index (χ1n) is 10.2. The Bertz CT molecular complexity index is 1220. The molecule has 0 atom stereocenters. The Morgan fingerprint density at radius 2 is 1.67 bits per heavy atom. The van der Waals surface area contributed by atoms with Gasteiger partial charge in [-0.1, -0.05) is 18.2 Å². The highest BCUT2D eigenvalue weighted by molar-refractivity contribution is 5.94. The lowest BCUT2D eigenvalue weighted by molar-refractivity contribution is -0.149. The van der Waals surface area contributed by atoms with E-state index in [0.717, 1.165) is 16.9 Å². The van der Waals surface area contributed by atoms with Crippen LogP contribution in [0.3, 0.4) is 0 Å². The van der Waals surface area contributed by atoms with Crippen LogP contribution in [0.15, 0.2) is 54.6 Å². The minimum atomic E-state index is -0.730. The quantitative estimate of drug-likeness (QED) is 0.418. The number of nitrogens with zero attached hydrogens (tertiary/aromatic N) is 2. The molecule has 2 aromatic carbocycles. The van der Waals surface area contributed by atoms with E-state index in [0.29, 0.717) is 22.7 Å². The molecule has 0 bridgehead atoms. The molecule has 0 radical (unpaired) electrons. The lowest BCUT2D eigenvalue weighted by Crippen LogP contribution is -2.25. The number of carbonyl (C=O) groups excluding carboxylic acids is 3. The summed E-state index contributed by atoms with van der Waals surface area (Å²) in [5.41, 5.74) is 3.22. The molecule has 3 aromatic rings. The van der Waals surface area contributed by atoms with Crippen molar-refractivity contribution in [2.75, 3.05) is 18.5 Å². The summed E-state index contributed by atoms with van der Waals surface area (Å²) in [7, 11) is 0. The van der Waals surface area contributed by atoms with Crippen molar-refractivity contribution in [1.82, 2.24) is 4.57 Å². The third kappa shape index (κ3) is 5.46. The fraction of sp³-hybridized carbons (Fsp3) is 0.200. The van der Waals surface area contributed by atoms with Crippen LogP contribution in [-0.2, 0) is 14.3 Å². The number of nitriles is 1. The third-order valence-corrected chi connectivity index (χ3v) is 5.08. The topological polar surface area (TPSA) is 110 Å². The van der Waals surface area contributed by atoms with Crippen molar-refractivity contribution in [3.05, 3.63) is 77.0 Å². The van der Waals surface area contributed by atoms with Gasteiger partial charge in [0.25, 0.3) is 5.91 Å². The predicted octanol–water partition coefficient (Wildman–Crippen LogP) is 3.73. The highest BCUT2D eigenvalue weighted by Crippen LogP contribution is 2.29. The van der Waals surface area contributed by atoms with Crippen LogP contribution in [0.2, 0.25) is 0 Å². The number of aromatic nitrogens is 1. The number of para-hydroxylation sites is 1. The van der Waals surface area contributed by atoms with Gasteiger partial charge in [-0.15, -0.1) is 0 Å². The highest BCUT2D eigenvalue weighted by Gasteiger charge is 2.21. The standard InChI is InChI=1S/C25H23N3O5/c1-16-17(2)28(20-7-5-4-6-8-20)25(22(16)13-26)27-23(30)14-33-24(31)15-32-21-11-9-19(10-12-21)18(3)29/h4-12H,14-15H2,1-3H3,(H,27,30). The van der Waals surface area contributed by atoms with E-state index in [4.69, 9.17) is 9.47 Å². The van der Waals surface area contributed by atoms with Crippen molar-refractivity contribution >= 4 is 23.5 Å². The Morgan fingerprint density at radius 1 is 1.00 bits per heavy atom. The van der Waals surface area contributed by atoms with Crippen molar-refractivity contribution in [3.63, 3.8) is 0 Å². The molecule has 3 rings (SSSR count). The molecule has 8 heteroatoms. The second-order valence-electron chi connectivity index (χ2n) is 7.29. The number of esters is 1. The van der Waals surface area contributed by atoms with E-state index >= 15 is 0 Å². The molecule has 0 fully saturated rings. The number of nitrogens with one attached hydrogen (secondary N) is 1. The fourth-order valence-corrected chi connectivity index (χ4v) is 3.24. The summed E-state index contributed by atoms with van der Waals surface area (Å²) in [4.78, 5) is 35.8. The highest BCUT2D eigenvalue weighted by atomic mass is 16.6. The third-order valence-electron chi connectivity index (χ3n) is 5.08. The van der Waals surface area contributed by atoms with Gasteiger partial charge in [0.2, 0.25) is 0 Å². The smallest absolute Gasteiger partial charge is 0.344 e. The van der Waals surface area contributed by atoms with Gasteiger partial charge < -0.3 is 14.8 Å². The fourth-order valence-electron chi connectivity index (χ4n) is 3.24. The summed E-state index contributed by atoms with van der Waals surface area (Å²) in [6.45, 7) is 4.20. The van der Waals surface area contributed by atoms with Gasteiger partial charge in [0.05, 0.1) is 5.56 Å². The minimum absolute atomic E-state index is 0.0738. The van der Waals surface area contributed by atoms with E-state index in [1.54, 1.807) is 28.8 Å². The number of benzene rings is 2. The van der Waals surface area contributed by atoms with Crippen LogP contribution in [0, 0.1) is 25.2 Å². The minimum Gasteiger partial charge on any atom is -0.482 e. The van der Waals surface area contributed by atoms with Gasteiger partial charge in [-0.3, -0.25) is 14.2 Å². The van der Waals surface area contributed by atoms with Gasteiger partial charge >= 0.3 is 5.97 Å². The lowest BCUT2D eigenvalue weighted by Gasteiger charge is -2.13. The number of carbonyl (C=O) groups is 3. The maximum atomic E-state index is 12.5. The molecule has 1 heterocycles. The molecule has 0 aliphatic carbocycles. The first-order valence-corrected chi connectivity index (χ1v) is 10.2. The Hall–Kier alpha value is -4.38. The monoisotopic (exact) mass is 445 g/mol. The lowest BCUT2D eigenvalue weighted by atomic mass is 10.1. The summed E-state index contributed by atoms with van der Waals surface area (Å²) < 4.78 is 12.1. The molecule has 0 unspecified atom stereocenters. The molecule has 0 saturated carbocycles. The Kier molecular flexibility index (Phi) is 7.26. The largest absolute Gasteiger partial charge is 0.482 e. The van der Waals surface area contributed by atoms with Crippen LogP contribution in [0.4, 0.5) is 5.82 Å². The van der Waals surface area contributed by atoms with Crippen molar-refractivity contribution in [2.24, 2.45) is 0 Å². The van der Waals surface area contributed by atoms with Crippen LogP contribution >= 0.6 is 0 Å². The van der Waals surface area contributed by atoms with Crippen LogP contribution in [-0.4, -0.2) is 35.4 Å². The summed E-state index contributed by atoms with van der Waals surface area (Å²) in [5.74, 6) is -0.670. The van der Waals surface area contributed by atoms with Crippen LogP contribution < -0.4 is 10.1 Å². The first kappa shape index (κ1) is 23.3. The molecule has 1 N–H and O–H groups in total. The molecule has 1 aromatic heterocycles. The van der Waals surface area contributed by atoms with E-state index in [-0.39, 0.29) is 5.78 Å². The van der Waals surface area contributed by atoms with Gasteiger partial charge in [0.15, 0.2) is 19.0 Å². The molecule has 0 aliphatic heterocycles. The van der Waals surface area contributed by atoms with Gasteiger partial charge in [-0.05, 0) is 62.7 Å². The maximum absolute atomic E-state index is 12.5. The van der Waals surface area contributed by atoms with Crippen molar-refractivity contribution in [2.45, 2.75) is 20.8 Å². The molecular formula is C25H23N3O5. The normalized spacial score (nSPS) is 10.2. The molecule has 0 aliphatic rings. The van der Waals surface area contributed by atoms with Crippen molar-refractivity contribution in [3.8, 4) is 17.5 Å². The number of Topliss-reactive ketones (excluding diaryl/α,β-unsaturated/α-hetero) is 1.